The van der Waals surface area contributed by atoms with Gasteiger partial charge in [-0.1, -0.05) is 12.1 Å². The average Bonchev–Trinajstić information content (AvgIpc) is 2.18. The number of carbonyl (C=O) groups is 2. The molecule has 1 amide bonds. The van der Waals surface area contributed by atoms with Gasteiger partial charge >= 0.3 is 5.97 Å². The lowest BCUT2D eigenvalue weighted by Crippen LogP contribution is -2.30. The number of rotatable bonds is 3. The normalized spacial score (nSPS) is 11.9. The van der Waals surface area contributed by atoms with Crippen LogP contribution in [0.25, 0.3) is 0 Å². The second-order valence-corrected chi connectivity index (χ2v) is 2.93. The third kappa shape index (κ3) is 2.77. The molecule has 0 aliphatic heterocycles. The van der Waals surface area contributed by atoms with Crippen LogP contribution in [0.5, 0.6) is 0 Å². The van der Waals surface area contributed by atoms with Crippen LogP contribution in [-0.2, 0) is 9.53 Å². The minimum atomic E-state index is -1.07. The number of amides is 1. The predicted octanol–water partition coefficient (Wildman–Crippen LogP) is 0.856. The summed E-state index contributed by atoms with van der Waals surface area (Å²) >= 11 is 0. The van der Waals surface area contributed by atoms with Gasteiger partial charge in [0.05, 0.1) is 5.56 Å². The van der Waals surface area contributed by atoms with E-state index in [1.54, 1.807) is 0 Å². The number of hydrogen-bond donors (Lipinski definition) is 1. The van der Waals surface area contributed by atoms with Gasteiger partial charge in [-0.15, -0.1) is 0 Å². The van der Waals surface area contributed by atoms with Gasteiger partial charge in [0.1, 0.15) is 5.82 Å². The van der Waals surface area contributed by atoms with Gasteiger partial charge in [-0.3, -0.25) is 4.79 Å². The highest BCUT2D eigenvalue weighted by Crippen LogP contribution is 2.09. The third-order valence-electron chi connectivity index (χ3n) is 1.78. The summed E-state index contributed by atoms with van der Waals surface area (Å²) in [5, 5.41) is 0. The Labute approximate surface area is 85.8 Å². The first kappa shape index (κ1) is 11.2. The van der Waals surface area contributed by atoms with E-state index in [1.807, 2.05) is 0 Å². The molecule has 15 heavy (non-hydrogen) atoms. The van der Waals surface area contributed by atoms with E-state index >= 15 is 0 Å². The van der Waals surface area contributed by atoms with Crippen molar-refractivity contribution in [3.8, 4) is 0 Å². The maximum atomic E-state index is 13.1. The van der Waals surface area contributed by atoms with Gasteiger partial charge in [0.2, 0.25) is 0 Å². The fraction of sp³-hybridized carbons (Fsp3) is 0.200. The summed E-state index contributed by atoms with van der Waals surface area (Å²) in [7, 11) is 0. The Hall–Kier alpha value is -1.91. The highest BCUT2D eigenvalue weighted by atomic mass is 19.1. The number of benzene rings is 1. The van der Waals surface area contributed by atoms with Crippen molar-refractivity contribution in [1.82, 2.24) is 0 Å². The van der Waals surface area contributed by atoms with Gasteiger partial charge in [-0.05, 0) is 19.1 Å². The Bertz CT molecular complexity index is 392. The third-order valence-corrected chi connectivity index (χ3v) is 1.78. The molecule has 0 fully saturated rings. The summed E-state index contributed by atoms with van der Waals surface area (Å²) in [6.45, 7) is 1.32. The number of hydrogen-bond acceptors (Lipinski definition) is 3. The smallest absolute Gasteiger partial charge is 0.341 e. The van der Waals surface area contributed by atoms with Crippen molar-refractivity contribution in [1.29, 1.82) is 0 Å². The Morgan fingerprint density at radius 1 is 1.40 bits per heavy atom. The van der Waals surface area contributed by atoms with Crippen LogP contribution in [0.4, 0.5) is 4.39 Å². The molecular weight excluding hydrogens is 201 g/mol. The van der Waals surface area contributed by atoms with E-state index in [-0.39, 0.29) is 5.56 Å². The Morgan fingerprint density at radius 3 is 2.53 bits per heavy atom. The number of esters is 1. The molecule has 0 heterocycles. The molecule has 1 aromatic rings. The molecule has 0 unspecified atom stereocenters. The van der Waals surface area contributed by atoms with Gasteiger partial charge in [-0.2, -0.15) is 0 Å². The highest BCUT2D eigenvalue weighted by Gasteiger charge is 2.18. The maximum absolute atomic E-state index is 13.1. The molecule has 1 rings (SSSR count). The zero-order valence-corrected chi connectivity index (χ0v) is 8.07. The first-order valence-corrected chi connectivity index (χ1v) is 4.27. The molecule has 0 aliphatic carbocycles. The number of primary amides is 1. The first-order chi connectivity index (χ1) is 7.02. The van der Waals surface area contributed by atoms with Gasteiger partial charge in [0, 0.05) is 0 Å². The molecule has 0 bridgehead atoms. The average molecular weight is 211 g/mol. The summed E-state index contributed by atoms with van der Waals surface area (Å²) in [5.41, 5.74) is 4.67. The van der Waals surface area contributed by atoms with Crippen LogP contribution in [0.1, 0.15) is 17.3 Å². The maximum Gasteiger partial charge on any atom is 0.341 e. The zero-order chi connectivity index (χ0) is 11.4. The molecule has 0 saturated carbocycles. The fourth-order valence-electron chi connectivity index (χ4n) is 0.909. The van der Waals surface area contributed by atoms with Crippen LogP contribution in [0, 0.1) is 5.82 Å². The molecule has 4 nitrogen and oxygen atoms in total. The lowest BCUT2D eigenvalue weighted by Gasteiger charge is -2.09. The lowest BCUT2D eigenvalue weighted by atomic mass is 10.2. The quantitative estimate of drug-likeness (QED) is 0.754. The van der Waals surface area contributed by atoms with Crippen LogP contribution in [0.3, 0.4) is 0 Å². The Balaban J connectivity index is 2.78. The molecule has 1 atom stereocenters. The van der Waals surface area contributed by atoms with Crippen molar-refractivity contribution in [2.75, 3.05) is 0 Å². The molecule has 80 valence electrons. The van der Waals surface area contributed by atoms with Crippen molar-refractivity contribution in [2.45, 2.75) is 13.0 Å². The number of halogens is 1. The van der Waals surface area contributed by atoms with Gasteiger partial charge in [0.15, 0.2) is 6.10 Å². The molecule has 1 aromatic carbocycles. The van der Waals surface area contributed by atoms with Crippen molar-refractivity contribution in [2.24, 2.45) is 5.73 Å². The van der Waals surface area contributed by atoms with Gasteiger partial charge in [0.25, 0.3) is 5.91 Å². The molecule has 0 radical (unpaired) electrons. The minimum Gasteiger partial charge on any atom is -0.449 e. The van der Waals surface area contributed by atoms with E-state index < -0.39 is 23.8 Å². The SMILES string of the molecule is C[C@H](OC(=O)c1ccccc1F)C(N)=O. The molecular formula is C10H10FNO3. The van der Waals surface area contributed by atoms with E-state index in [4.69, 9.17) is 5.73 Å². The van der Waals surface area contributed by atoms with Gasteiger partial charge < -0.3 is 10.5 Å². The summed E-state index contributed by atoms with van der Waals surface area (Å²) < 4.78 is 17.7. The standard InChI is InChI=1S/C10H10FNO3/c1-6(9(12)13)15-10(14)7-4-2-3-5-8(7)11/h2-6H,1H3,(H2,12,13)/t6-/m0/s1. The summed E-state index contributed by atoms with van der Waals surface area (Å²) in [6, 6.07) is 5.34. The molecule has 2 N–H and O–H groups in total. The topological polar surface area (TPSA) is 69.4 Å². The monoisotopic (exact) mass is 211 g/mol. The molecule has 5 heteroatoms. The number of ether oxygens (including phenoxy) is 1. The number of carbonyl (C=O) groups excluding carboxylic acids is 2. The summed E-state index contributed by atoms with van der Waals surface area (Å²) in [4.78, 5) is 21.9. The van der Waals surface area contributed by atoms with Crippen molar-refractivity contribution >= 4 is 11.9 Å². The Morgan fingerprint density at radius 2 is 2.00 bits per heavy atom. The molecule has 0 aliphatic rings. The van der Waals surface area contributed by atoms with Crippen LogP contribution in [0.2, 0.25) is 0 Å². The second kappa shape index (κ2) is 4.54. The van der Waals surface area contributed by atoms with Gasteiger partial charge in [-0.25, -0.2) is 9.18 Å². The minimum absolute atomic E-state index is 0.217. The summed E-state index contributed by atoms with van der Waals surface area (Å²) in [5.74, 6) is -2.38. The largest absolute Gasteiger partial charge is 0.449 e. The number of nitrogens with two attached hydrogens (primary N) is 1. The zero-order valence-electron chi connectivity index (χ0n) is 8.07. The van der Waals surface area contributed by atoms with Crippen LogP contribution in [0.15, 0.2) is 24.3 Å². The van der Waals surface area contributed by atoms with Crippen LogP contribution < -0.4 is 5.73 Å². The van der Waals surface area contributed by atoms with E-state index in [0.29, 0.717) is 0 Å². The van der Waals surface area contributed by atoms with Crippen LogP contribution in [-0.4, -0.2) is 18.0 Å². The summed E-state index contributed by atoms with van der Waals surface area (Å²) in [6.07, 6.45) is -1.07. The molecule has 0 aromatic heterocycles. The fourth-order valence-corrected chi connectivity index (χ4v) is 0.909. The van der Waals surface area contributed by atoms with E-state index in [2.05, 4.69) is 4.74 Å². The lowest BCUT2D eigenvalue weighted by molar-refractivity contribution is -0.125. The van der Waals surface area contributed by atoms with Crippen LogP contribution >= 0.6 is 0 Å². The van der Waals surface area contributed by atoms with E-state index in [0.717, 1.165) is 6.07 Å². The van der Waals surface area contributed by atoms with Crippen molar-refractivity contribution in [3.63, 3.8) is 0 Å². The Kier molecular flexibility index (Phi) is 3.38. The van der Waals surface area contributed by atoms with E-state index in [1.165, 1.54) is 25.1 Å². The van der Waals surface area contributed by atoms with Crippen molar-refractivity contribution < 1.29 is 18.7 Å². The molecule has 0 saturated heterocycles. The predicted molar refractivity (Wildman–Crippen MR) is 50.5 cm³/mol. The van der Waals surface area contributed by atoms with E-state index in [9.17, 15) is 14.0 Å². The van der Waals surface area contributed by atoms with Crippen molar-refractivity contribution in [3.05, 3.63) is 35.6 Å². The second-order valence-electron chi connectivity index (χ2n) is 2.93. The molecule has 0 spiro atoms. The highest BCUT2D eigenvalue weighted by molar-refractivity contribution is 5.92. The first-order valence-electron chi connectivity index (χ1n) is 4.27.